The maximum absolute atomic E-state index is 13.1. The van der Waals surface area contributed by atoms with Crippen molar-refractivity contribution in [3.8, 4) is 23.0 Å². The third-order valence-electron chi connectivity index (χ3n) is 5.77. The first-order valence-corrected chi connectivity index (χ1v) is 11.5. The molecule has 0 bridgehead atoms. The zero-order valence-corrected chi connectivity index (χ0v) is 19.9. The number of aromatic nitrogens is 2. The van der Waals surface area contributed by atoms with Crippen LogP contribution in [0.5, 0.6) is 0 Å². The lowest BCUT2D eigenvalue weighted by atomic mass is 10.1. The number of halogens is 3. The number of nitriles is 1. The minimum absolute atomic E-state index is 0.102. The summed E-state index contributed by atoms with van der Waals surface area (Å²) in [7, 11) is 0. The summed E-state index contributed by atoms with van der Waals surface area (Å²) in [5.74, 6) is -0.930. The molecule has 2 heterocycles. The Balaban J connectivity index is 1.59. The SMILES string of the molecule is N#C/C(=C\c1cn(-c2ccccc2)nc1-c1cc2ccccc2oc1=O)C(=O)Nc1cccc(C(F)(F)F)c1. The molecule has 39 heavy (non-hydrogen) atoms. The summed E-state index contributed by atoms with van der Waals surface area (Å²) in [6.45, 7) is 0. The zero-order chi connectivity index (χ0) is 27.6. The van der Waals surface area contributed by atoms with Crippen LogP contribution in [0.3, 0.4) is 0 Å². The summed E-state index contributed by atoms with van der Waals surface area (Å²) >= 11 is 0. The average molecular weight is 526 g/mol. The predicted molar refractivity (Wildman–Crippen MR) is 139 cm³/mol. The Morgan fingerprint density at radius 1 is 1.00 bits per heavy atom. The molecule has 1 N–H and O–H groups in total. The highest BCUT2D eigenvalue weighted by atomic mass is 19.4. The number of para-hydroxylation sites is 2. The van der Waals surface area contributed by atoms with Crippen LogP contribution in [0.1, 0.15) is 11.1 Å². The Labute approximate surface area is 219 Å². The molecule has 0 radical (unpaired) electrons. The fourth-order valence-corrected chi connectivity index (χ4v) is 3.92. The van der Waals surface area contributed by atoms with Crippen molar-refractivity contribution in [1.29, 1.82) is 5.26 Å². The van der Waals surface area contributed by atoms with Gasteiger partial charge in [-0.2, -0.15) is 23.5 Å². The highest BCUT2D eigenvalue weighted by Gasteiger charge is 2.30. The lowest BCUT2D eigenvalue weighted by Crippen LogP contribution is -2.14. The van der Waals surface area contributed by atoms with Crippen LogP contribution in [-0.2, 0) is 11.0 Å². The van der Waals surface area contributed by atoms with E-state index in [2.05, 4.69) is 10.4 Å². The van der Waals surface area contributed by atoms with E-state index >= 15 is 0 Å². The van der Waals surface area contributed by atoms with Gasteiger partial charge in [0, 0.05) is 22.8 Å². The Bertz CT molecular complexity index is 1830. The molecule has 2 aromatic heterocycles. The van der Waals surface area contributed by atoms with Gasteiger partial charge < -0.3 is 9.73 Å². The van der Waals surface area contributed by atoms with Crippen molar-refractivity contribution < 1.29 is 22.4 Å². The number of carbonyl (C=O) groups excluding carboxylic acids is 1. The normalized spacial score (nSPS) is 11.8. The Kier molecular flexibility index (Phi) is 6.56. The van der Waals surface area contributed by atoms with E-state index < -0.39 is 28.8 Å². The van der Waals surface area contributed by atoms with Gasteiger partial charge in [-0.15, -0.1) is 0 Å². The lowest BCUT2D eigenvalue weighted by Gasteiger charge is -2.09. The van der Waals surface area contributed by atoms with Gasteiger partial charge >= 0.3 is 11.8 Å². The maximum Gasteiger partial charge on any atom is 0.416 e. The molecule has 0 atom stereocenters. The molecule has 10 heteroatoms. The van der Waals surface area contributed by atoms with Gasteiger partial charge in [0.15, 0.2) is 0 Å². The minimum Gasteiger partial charge on any atom is -0.422 e. The first-order valence-electron chi connectivity index (χ1n) is 11.5. The van der Waals surface area contributed by atoms with E-state index in [9.17, 15) is 28.0 Å². The predicted octanol–water partition coefficient (Wildman–Crippen LogP) is 6.21. The van der Waals surface area contributed by atoms with Gasteiger partial charge in [-0.1, -0.05) is 42.5 Å². The molecule has 0 fully saturated rings. The van der Waals surface area contributed by atoms with Crippen molar-refractivity contribution in [2.24, 2.45) is 0 Å². The van der Waals surface area contributed by atoms with Crippen LogP contribution in [0.2, 0.25) is 0 Å². The molecule has 0 spiro atoms. The third-order valence-corrected chi connectivity index (χ3v) is 5.77. The minimum atomic E-state index is -4.60. The quantitative estimate of drug-likeness (QED) is 0.167. The van der Waals surface area contributed by atoms with Gasteiger partial charge in [0.05, 0.1) is 16.8 Å². The molecule has 0 aliphatic rings. The van der Waals surface area contributed by atoms with Gasteiger partial charge in [-0.05, 0) is 48.5 Å². The number of nitrogens with one attached hydrogen (secondary N) is 1. The van der Waals surface area contributed by atoms with Crippen LogP contribution >= 0.6 is 0 Å². The molecule has 3 aromatic carbocycles. The van der Waals surface area contributed by atoms with Crippen LogP contribution in [0, 0.1) is 11.3 Å². The van der Waals surface area contributed by atoms with E-state index in [0.29, 0.717) is 16.7 Å². The number of amides is 1. The van der Waals surface area contributed by atoms with Crippen molar-refractivity contribution in [1.82, 2.24) is 9.78 Å². The summed E-state index contributed by atoms with van der Waals surface area (Å²) in [6.07, 6.45) is -1.84. The van der Waals surface area contributed by atoms with Crippen molar-refractivity contribution in [2.75, 3.05) is 5.32 Å². The number of carbonyl (C=O) groups is 1. The average Bonchev–Trinajstić information content (AvgIpc) is 3.35. The fraction of sp³-hybridized carbons (Fsp3) is 0.0345. The summed E-state index contributed by atoms with van der Waals surface area (Å²) in [6, 6.07) is 23.3. The van der Waals surface area contributed by atoms with E-state index in [4.69, 9.17) is 4.42 Å². The monoisotopic (exact) mass is 526 g/mol. The van der Waals surface area contributed by atoms with Crippen LogP contribution in [0.25, 0.3) is 34.0 Å². The summed E-state index contributed by atoms with van der Waals surface area (Å²) < 4.78 is 46.2. The van der Waals surface area contributed by atoms with Crippen molar-refractivity contribution in [3.63, 3.8) is 0 Å². The zero-order valence-electron chi connectivity index (χ0n) is 19.9. The molecule has 0 unspecified atom stereocenters. The maximum atomic E-state index is 13.1. The van der Waals surface area contributed by atoms with Gasteiger partial charge in [-0.3, -0.25) is 4.79 Å². The highest BCUT2D eigenvalue weighted by Crippen LogP contribution is 2.31. The number of rotatable bonds is 5. The van der Waals surface area contributed by atoms with E-state index in [-0.39, 0.29) is 22.5 Å². The number of fused-ring (bicyclic) bond motifs is 1. The fourth-order valence-electron chi connectivity index (χ4n) is 3.92. The van der Waals surface area contributed by atoms with Gasteiger partial charge in [-0.25, -0.2) is 9.48 Å². The Morgan fingerprint density at radius 3 is 2.49 bits per heavy atom. The highest BCUT2D eigenvalue weighted by molar-refractivity contribution is 6.10. The number of hydrogen-bond acceptors (Lipinski definition) is 5. The van der Waals surface area contributed by atoms with Crippen molar-refractivity contribution in [3.05, 3.63) is 118 Å². The van der Waals surface area contributed by atoms with Gasteiger partial charge in [0.2, 0.25) is 0 Å². The summed E-state index contributed by atoms with van der Waals surface area (Å²) in [5.41, 5.74) is -0.636. The van der Waals surface area contributed by atoms with Crippen LogP contribution in [-0.4, -0.2) is 15.7 Å². The number of alkyl halides is 3. The van der Waals surface area contributed by atoms with E-state index in [1.54, 1.807) is 60.7 Å². The number of hydrogen-bond donors (Lipinski definition) is 1. The molecule has 192 valence electrons. The second-order valence-corrected chi connectivity index (χ2v) is 8.40. The molecule has 0 saturated carbocycles. The van der Waals surface area contributed by atoms with E-state index in [0.717, 1.165) is 18.2 Å². The second kappa shape index (κ2) is 10.1. The summed E-state index contributed by atoms with van der Waals surface area (Å²) in [5, 5.41) is 17.2. The number of anilines is 1. The van der Waals surface area contributed by atoms with Crippen LogP contribution < -0.4 is 10.9 Å². The smallest absolute Gasteiger partial charge is 0.416 e. The first-order chi connectivity index (χ1) is 18.7. The third kappa shape index (κ3) is 5.33. The molecule has 1 amide bonds. The van der Waals surface area contributed by atoms with Gasteiger partial charge in [0.1, 0.15) is 22.9 Å². The lowest BCUT2D eigenvalue weighted by molar-refractivity contribution is -0.137. The molecule has 7 nitrogen and oxygen atoms in total. The topological polar surface area (TPSA) is 101 Å². The molecule has 0 aliphatic heterocycles. The Morgan fingerprint density at radius 2 is 1.74 bits per heavy atom. The molecule has 5 rings (SSSR count). The molecular formula is C29H17F3N4O3. The van der Waals surface area contributed by atoms with Crippen molar-refractivity contribution >= 4 is 28.6 Å². The molecule has 0 saturated heterocycles. The summed E-state index contributed by atoms with van der Waals surface area (Å²) in [4.78, 5) is 25.8. The molecule has 0 aliphatic carbocycles. The number of nitrogens with zero attached hydrogens (tertiary/aromatic N) is 3. The molecule has 5 aromatic rings. The van der Waals surface area contributed by atoms with Crippen LogP contribution in [0.4, 0.5) is 18.9 Å². The van der Waals surface area contributed by atoms with E-state index in [1.807, 2.05) is 6.07 Å². The second-order valence-electron chi connectivity index (χ2n) is 8.40. The first kappa shape index (κ1) is 25.2. The number of benzene rings is 3. The van der Waals surface area contributed by atoms with Crippen molar-refractivity contribution in [2.45, 2.75) is 6.18 Å². The van der Waals surface area contributed by atoms with Crippen LogP contribution in [0.15, 0.2) is 106 Å². The van der Waals surface area contributed by atoms with Gasteiger partial charge in [0.25, 0.3) is 5.91 Å². The Hall–Kier alpha value is -5.43. The standard InChI is InChI=1S/C29H17F3N4O3/c30-29(31,32)21-8-6-9-22(15-21)34-27(37)19(16-33)13-20-17-36(23-10-2-1-3-11-23)35-26(20)24-14-18-7-4-5-12-25(18)39-28(24)38/h1-15,17H,(H,34,37)/b19-13+. The van der Waals surface area contributed by atoms with E-state index in [1.165, 1.54) is 23.0 Å². The largest absolute Gasteiger partial charge is 0.422 e. The molecular weight excluding hydrogens is 509 g/mol.